The summed E-state index contributed by atoms with van der Waals surface area (Å²) in [4.78, 5) is 4.82. The molecule has 0 saturated carbocycles. The van der Waals surface area contributed by atoms with Crippen LogP contribution in [0.25, 0.3) is 66.8 Å². The molecule has 0 amide bonds. The van der Waals surface area contributed by atoms with Crippen LogP contribution in [-0.2, 0) is 5.41 Å². The van der Waals surface area contributed by atoms with E-state index < -0.39 is 5.41 Å². The van der Waals surface area contributed by atoms with Crippen LogP contribution in [0, 0.1) is 0 Å². The van der Waals surface area contributed by atoms with E-state index in [0.29, 0.717) is 0 Å². The molecule has 0 aromatic heterocycles. The van der Waals surface area contributed by atoms with Crippen LogP contribution >= 0.6 is 0 Å². The fourth-order valence-corrected chi connectivity index (χ4v) is 12.2. The lowest BCUT2D eigenvalue weighted by Crippen LogP contribution is -2.25. The quantitative estimate of drug-likeness (QED) is 0.135. The molecule has 0 aliphatic heterocycles. The second-order valence-electron chi connectivity index (χ2n) is 19.6. The molecule has 0 unspecified atom stereocenters. The van der Waals surface area contributed by atoms with Crippen molar-refractivity contribution in [2.45, 2.75) is 5.41 Å². The zero-order chi connectivity index (χ0) is 49.7. The van der Waals surface area contributed by atoms with Gasteiger partial charge in [-0.3, -0.25) is 0 Å². The molecule has 0 saturated heterocycles. The summed E-state index contributed by atoms with van der Waals surface area (Å²) in [6, 6.07) is 111. The van der Waals surface area contributed by atoms with Crippen molar-refractivity contribution >= 4 is 34.1 Å². The van der Waals surface area contributed by atoms with Crippen molar-refractivity contribution in [3.63, 3.8) is 0 Å². The van der Waals surface area contributed by atoms with E-state index >= 15 is 0 Å². The van der Waals surface area contributed by atoms with Gasteiger partial charge in [0.2, 0.25) is 0 Å². The topological polar surface area (TPSA) is 6.48 Å². The van der Waals surface area contributed by atoms with Crippen LogP contribution in [0.2, 0.25) is 0 Å². The number of hydrogen-bond donors (Lipinski definition) is 0. The normalized spacial score (nSPS) is 12.4. The van der Waals surface area contributed by atoms with E-state index in [-0.39, 0.29) is 0 Å². The summed E-state index contributed by atoms with van der Waals surface area (Å²) in [5.74, 6) is 0. The van der Waals surface area contributed by atoms with Gasteiger partial charge < -0.3 is 9.80 Å². The van der Waals surface area contributed by atoms with E-state index in [2.05, 4.69) is 313 Å². The van der Waals surface area contributed by atoms with Crippen molar-refractivity contribution in [1.29, 1.82) is 0 Å². The average molecular weight is 955 g/mol. The Hall–Kier alpha value is -9.76. The summed E-state index contributed by atoms with van der Waals surface area (Å²) in [7, 11) is 0. The van der Waals surface area contributed by atoms with Crippen LogP contribution in [0.3, 0.4) is 0 Å². The Kier molecular flexibility index (Phi) is 10.8. The summed E-state index contributed by atoms with van der Waals surface area (Å²) in [5, 5.41) is 0. The summed E-state index contributed by atoms with van der Waals surface area (Å²) in [6.45, 7) is 0. The predicted octanol–water partition coefficient (Wildman–Crippen LogP) is 19.6. The van der Waals surface area contributed by atoms with Crippen LogP contribution in [0.4, 0.5) is 34.1 Å². The molecule has 2 aliphatic carbocycles. The molecule has 2 aliphatic rings. The maximum Gasteiger partial charge on any atom is 0.0725 e. The molecule has 352 valence electrons. The molecule has 12 aromatic rings. The highest BCUT2D eigenvalue weighted by Gasteiger charge is 2.52. The van der Waals surface area contributed by atoms with Gasteiger partial charge in [0.1, 0.15) is 0 Å². The predicted molar refractivity (Wildman–Crippen MR) is 314 cm³/mol. The van der Waals surface area contributed by atoms with E-state index in [0.717, 1.165) is 45.3 Å². The van der Waals surface area contributed by atoms with Crippen molar-refractivity contribution in [2.75, 3.05) is 9.80 Å². The smallest absolute Gasteiger partial charge is 0.0725 e. The van der Waals surface area contributed by atoms with Crippen LogP contribution in [0.15, 0.2) is 303 Å². The Balaban J connectivity index is 1.05. The maximum atomic E-state index is 2.53. The standard InChI is InChI=1S/C73H50N2/c1-6-22-51(23-7-1)53-38-42-60(43-39-53)74(58-28-12-4-13-29-58)62-46-56(47-63(50-62)75(59-30-14-5-15-31-59)61-44-40-54(41-45-61)52-24-8-2-9-25-52)57-48-67(55-26-10-3-11-27-55)72-66-34-18-21-37-70(66)73(71(72)49-57)68-35-19-16-32-64(68)65-33-17-20-36-69(65)73/h1-50H. The number of hydrogen-bond acceptors (Lipinski definition) is 2. The SMILES string of the molecule is c1ccc(-c2ccc(N(c3ccccc3)c3cc(-c4cc(-c5ccccc5)c5c(c4)C4(c6ccccc6-c6ccccc64)c4ccccc4-5)cc(N(c4ccccc4)c4ccc(-c5ccccc5)cc4)c3)cc2)cc1. The van der Waals surface area contributed by atoms with Crippen molar-refractivity contribution in [3.8, 4) is 66.8 Å². The van der Waals surface area contributed by atoms with Gasteiger partial charge in [0, 0.05) is 34.1 Å². The Morgan fingerprint density at radius 2 is 0.520 bits per heavy atom. The Morgan fingerprint density at radius 1 is 0.187 bits per heavy atom. The van der Waals surface area contributed by atoms with Crippen LogP contribution in [0.1, 0.15) is 22.3 Å². The molecule has 0 heterocycles. The first-order valence-corrected chi connectivity index (χ1v) is 25.9. The van der Waals surface area contributed by atoms with E-state index in [1.165, 1.54) is 77.9 Å². The van der Waals surface area contributed by atoms with E-state index in [1.54, 1.807) is 0 Å². The van der Waals surface area contributed by atoms with Gasteiger partial charge >= 0.3 is 0 Å². The van der Waals surface area contributed by atoms with Crippen LogP contribution in [0.5, 0.6) is 0 Å². The highest BCUT2D eigenvalue weighted by atomic mass is 15.2. The van der Waals surface area contributed by atoms with Gasteiger partial charge in [0.25, 0.3) is 0 Å². The zero-order valence-electron chi connectivity index (χ0n) is 41.3. The maximum absolute atomic E-state index is 2.53. The summed E-state index contributed by atoms with van der Waals surface area (Å²) >= 11 is 0. The average Bonchev–Trinajstić information content (AvgIpc) is 4.10. The fourth-order valence-electron chi connectivity index (χ4n) is 12.2. The minimum absolute atomic E-state index is 0.535. The second kappa shape index (κ2) is 18.4. The summed E-state index contributed by atoms with van der Waals surface area (Å²) in [6.07, 6.45) is 0. The Labute approximate surface area is 439 Å². The number of anilines is 6. The lowest BCUT2D eigenvalue weighted by molar-refractivity contribution is 0.794. The highest BCUT2D eigenvalue weighted by Crippen LogP contribution is 2.64. The van der Waals surface area contributed by atoms with Gasteiger partial charge in [0.15, 0.2) is 0 Å². The van der Waals surface area contributed by atoms with Gasteiger partial charge in [-0.2, -0.15) is 0 Å². The Morgan fingerprint density at radius 3 is 0.973 bits per heavy atom. The van der Waals surface area contributed by atoms with Gasteiger partial charge in [-0.05, 0) is 168 Å². The summed E-state index contributed by atoms with van der Waals surface area (Å²) < 4.78 is 0. The second-order valence-corrected chi connectivity index (χ2v) is 19.6. The highest BCUT2D eigenvalue weighted by molar-refractivity contribution is 6.02. The van der Waals surface area contributed by atoms with E-state index in [1.807, 2.05) is 0 Å². The molecular formula is C73H50N2. The lowest BCUT2D eigenvalue weighted by Gasteiger charge is -2.32. The van der Waals surface area contributed by atoms with Crippen molar-refractivity contribution in [2.24, 2.45) is 0 Å². The first-order chi connectivity index (χ1) is 37.2. The molecule has 14 rings (SSSR count). The third-order valence-electron chi connectivity index (χ3n) is 15.4. The number of fused-ring (bicyclic) bond motifs is 10. The molecule has 0 radical (unpaired) electrons. The number of nitrogens with zero attached hydrogens (tertiary/aromatic N) is 2. The molecule has 12 aromatic carbocycles. The van der Waals surface area contributed by atoms with Gasteiger partial charge in [-0.25, -0.2) is 0 Å². The molecule has 75 heavy (non-hydrogen) atoms. The molecule has 0 fully saturated rings. The van der Waals surface area contributed by atoms with Crippen LogP contribution < -0.4 is 9.80 Å². The molecule has 0 atom stereocenters. The number of para-hydroxylation sites is 2. The van der Waals surface area contributed by atoms with E-state index in [4.69, 9.17) is 0 Å². The largest absolute Gasteiger partial charge is 0.310 e. The lowest BCUT2D eigenvalue weighted by atomic mass is 9.70. The van der Waals surface area contributed by atoms with Crippen molar-refractivity contribution in [1.82, 2.24) is 0 Å². The zero-order valence-corrected chi connectivity index (χ0v) is 41.3. The minimum atomic E-state index is -0.535. The molecule has 2 nitrogen and oxygen atoms in total. The first kappa shape index (κ1) is 44.0. The van der Waals surface area contributed by atoms with Crippen molar-refractivity contribution < 1.29 is 0 Å². The molecule has 1 spiro atoms. The molecule has 2 heteroatoms. The molecular weight excluding hydrogens is 905 g/mol. The van der Waals surface area contributed by atoms with Gasteiger partial charge in [-0.1, -0.05) is 224 Å². The fraction of sp³-hybridized carbons (Fsp3) is 0.0137. The van der Waals surface area contributed by atoms with Crippen LogP contribution in [-0.4, -0.2) is 0 Å². The van der Waals surface area contributed by atoms with E-state index in [9.17, 15) is 0 Å². The third kappa shape index (κ3) is 7.41. The first-order valence-electron chi connectivity index (χ1n) is 25.9. The van der Waals surface area contributed by atoms with Gasteiger partial charge in [0.05, 0.1) is 5.41 Å². The third-order valence-corrected chi connectivity index (χ3v) is 15.4. The monoisotopic (exact) mass is 954 g/mol. The van der Waals surface area contributed by atoms with Gasteiger partial charge in [-0.15, -0.1) is 0 Å². The number of rotatable bonds is 10. The Bertz CT molecular complexity index is 3830. The molecule has 0 N–H and O–H groups in total. The minimum Gasteiger partial charge on any atom is -0.310 e. The molecule has 0 bridgehead atoms. The summed E-state index contributed by atoms with van der Waals surface area (Å²) in [5.41, 5.74) is 25.6. The van der Waals surface area contributed by atoms with Crippen molar-refractivity contribution in [3.05, 3.63) is 326 Å². The number of benzene rings is 12.